The summed E-state index contributed by atoms with van der Waals surface area (Å²) in [5, 5.41) is 0.885. The summed E-state index contributed by atoms with van der Waals surface area (Å²) in [6.45, 7) is 2.13. The number of alkyl halides is 1. The first-order valence-electron chi connectivity index (χ1n) is 6.54. The molecule has 2 aromatic rings. The zero-order valence-electron chi connectivity index (χ0n) is 11.1. The monoisotopic (exact) mass is 320 g/mol. The van der Waals surface area contributed by atoms with Crippen molar-refractivity contribution >= 4 is 15.9 Å². The van der Waals surface area contributed by atoms with Crippen molar-refractivity contribution in [3.05, 3.63) is 71.0 Å². The normalized spacial score (nSPS) is 12.4. The van der Waals surface area contributed by atoms with Crippen LogP contribution in [0.1, 0.15) is 16.7 Å². The molecule has 0 N–H and O–H groups in total. The van der Waals surface area contributed by atoms with E-state index in [0.29, 0.717) is 5.92 Å². The number of rotatable bonds is 5. The van der Waals surface area contributed by atoms with Gasteiger partial charge in [-0.1, -0.05) is 58.4 Å². The standard InChI is InChI=1S/C17H18BrF/c1-13-6-2-3-7-15(13)10-14(12-18)11-16-8-4-5-9-17(16)19/h2-9,14H,10-12H2,1H3. The lowest BCUT2D eigenvalue weighted by Gasteiger charge is -2.16. The average Bonchev–Trinajstić information content (AvgIpc) is 2.42. The summed E-state index contributed by atoms with van der Waals surface area (Å²) in [7, 11) is 0. The first kappa shape index (κ1) is 14.3. The van der Waals surface area contributed by atoms with Gasteiger partial charge in [-0.2, -0.15) is 0 Å². The molecule has 0 aliphatic heterocycles. The Morgan fingerprint density at radius 1 is 0.947 bits per heavy atom. The second kappa shape index (κ2) is 6.85. The molecular weight excluding hydrogens is 303 g/mol. The number of hydrogen-bond acceptors (Lipinski definition) is 0. The Bertz CT molecular complexity index is 489. The maximum atomic E-state index is 13.7. The van der Waals surface area contributed by atoms with E-state index in [1.807, 2.05) is 12.1 Å². The summed E-state index contributed by atoms with van der Waals surface area (Å²) in [5.41, 5.74) is 3.46. The molecule has 0 heterocycles. The Morgan fingerprint density at radius 3 is 2.16 bits per heavy atom. The molecule has 19 heavy (non-hydrogen) atoms. The molecule has 1 atom stereocenters. The van der Waals surface area contributed by atoms with E-state index in [1.54, 1.807) is 6.07 Å². The van der Waals surface area contributed by atoms with E-state index >= 15 is 0 Å². The van der Waals surface area contributed by atoms with Crippen LogP contribution in [0, 0.1) is 18.7 Å². The second-order valence-corrected chi connectivity index (χ2v) is 5.59. The third-order valence-corrected chi connectivity index (χ3v) is 4.37. The lowest BCUT2D eigenvalue weighted by Crippen LogP contribution is -2.11. The van der Waals surface area contributed by atoms with Gasteiger partial charge in [0.05, 0.1) is 0 Å². The molecule has 0 radical (unpaired) electrons. The fourth-order valence-corrected chi connectivity index (χ4v) is 2.76. The summed E-state index contributed by atoms with van der Waals surface area (Å²) in [6.07, 6.45) is 1.75. The quantitative estimate of drug-likeness (QED) is 0.685. The highest BCUT2D eigenvalue weighted by molar-refractivity contribution is 9.09. The summed E-state index contributed by atoms with van der Waals surface area (Å²) < 4.78 is 13.7. The topological polar surface area (TPSA) is 0 Å². The molecular formula is C17H18BrF. The minimum absolute atomic E-state index is 0.0989. The third-order valence-electron chi connectivity index (χ3n) is 3.45. The van der Waals surface area contributed by atoms with E-state index in [0.717, 1.165) is 23.7 Å². The van der Waals surface area contributed by atoms with Gasteiger partial charge in [-0.25, -0.2) is 4.39 Å². The zero-order valence-corrected chi connectivity index (χ0v) is 12.7. The number of halogens is 2. The van der Waals surface area contributed by atoms with Crippen LogP contribution < -0.4 is 0 Å². The van der Waals surface area contributed by atoms with Crippen molar-refractivity contribution in [3.63, 3.8) is 0 Å². The van der Waals surface area contributed by atoms with Crippen LogP contribution >= 0.6 is 15.9 Å². The van der Waals surface area contributed by atoms with Gasteiger partial charge in [-0.15, -0.1) is 0 Å². The van der Waals surface area contributed by atoms with Crippen LogP contribution in [0.25, 0.3) is 0 Å². The van der Waals surface area contributed by atoms with Crippen LogP contribution in [0.15, 0.2) is 48.5 Å². The maximum absolute atomic E-state index is 13.7. The summed E-state index contributed by atoms with van der Waals surface area (Å²) in [5.74, 6) is 0.316. The molecule has 0 spiro atoms. The van der Waals surface area contributed by atoms with Crippen LogP contribution in [0.4, 0.5) is 4.39 Å². The fourth-order valence-electron chi connectivity index (χ4n) is 2.31. The van der Waals surface area contributed by atoms with Gasteiger partial charge >= 0.3 is 0 Å². The van der Waals surface area contributed by atoms with Crippen molar-refractivity contribution < 1.29 is 4.39 Å². The fraction of sp³-hybridized carbons (Fsp3) is 0.294. The lowest BCUT2D eigenvalue weighted by atomic mass is 9.92. The van der Waals surface area contributed by atoms with Gasteiger partial charge in [0, 0.05) is 5.33 Å². The van der Waals surface area contributed by atoms with Gasteiger partial charge in [0.25, 0.3) is 0 Å². The predicted octanol–water partition coefficient (Wildman–Crippen LogP) is 4.93. The minimum atomic E-state index is -0.0989. The summed E-state index contributed by atoms with van der Waals surface area (Å²) in [4.78, 5) is 0. The maximum Gasteiger partial charge on any atom is 0.126 e. The van der Waals surface area contributed by atoms with Crippen LogP contribution in [0.5, 0.6) is 0 Å². The molecule has 1 unspecified atom stereocenters. The highest BCUT2D eigenvalue weighted by atomic mass is 79.9. The molecule has 0 aliphatic carbocycles. The molecule has 2 heteroatoms. The Hall–Kier alpha value is -1.15. The molecule has 0 amide bonds. The SMILES string of the molecule is Cc1ccccc1CC(CBr)Cc1ccccc1F. The van der Waals surface area contributed by atoms with Crippen molar-refractivity contribution in [1.29, 1.82) is 0 Å². The molecule has 0 saturated carbocycles. The second-order valence-electron chi connectivity index (χ2n) is 4.95. The Labute approximate surface area is 122 Å². The first-order chi connectivity index (χ1) is 9.20. The molecule has 0 fully saturated rings. The molecule has 0 saturated heterocycles. The Morgan fingerprint density at radius 2 is 1.53 bits per heavy atom. The first-order valence-corrected chi connectivity index (χ1v) is 7.66. The molecule has 0 aromatic heterocycles. The lowest BCUT2D eigenvalue weighted by molar-refractivity contribution is 0.549. The predicted molar refractivity (Wildman–Crippen MR) is 82.3 cm³/mol. The molecule has 0 bridgehead atoms. The molecule has 0 aliphatic rings. The van der Waals surface area contributed by atoms with Gasteiger partial charge in [0.1, 0.15) is 5.82 Å². The highest BCUT2D eigenvalue weighted by Gasteiger charge is 2.12. The van der Waals surface area contributed by atoms with Crippen molar-refractivity contribution in [2.24, 2.45) is 5.92 Å². The summed E-state index contributed by atoms with van der Waals surface area (Å²) >= 11 is 3.56. The third kappa shape index (κ3) is 3.90. The molecule has 100 valence electrons. The largest absolute Gasteiger partial charge is 0.207 e. The minimum Gasteiger partial charge on any atom is -0.207 e. The van der Waals surface area contributed by atoms with Crippen LogP contribution in [-0.2, 0) is 12.8 Å². The number of aryl methyl sites for hydroxylation is 1. The van der Waals surface area contributed by atoms with Gasteiger partial charge in [0.2, 0.25) is 0 Å². The van der Waals surface area contributed by atoms with E-state index in [-0.39, 0.29) is 5.82 Å². The van der Waals surface area contributed by atoms with Crippen molar-refractivity contribution in [2.75, 3.05) is 5.33 Å². The zero-order chi connectivity index (χ0) is 13.7. The van der Waals surface area contributed by atoms with E-state index < -0.39 is 0 Å². The van der Waals surface area contributed by atoms with E-state index in [1.165, 1.54) is 17.2 Å². The summed E-state index contributed by atoms with van der Waals surface area (Å²) in [6, 6.07) is 15.5. The van der Waals surface area contributed by atoms with Crippen LogP contribution in [0.2, 0.25) is 0 Å². The van der Waals surface area contributed by atoms with E-state index in [4.69, 9.17) is 0 Å². The van der Waals surface area contributed by atoms with Crippen LogP contribution in [0.3, 0.4) is 0 Å². The van der Waals surface area contributed by atoms with E-state index in [9.17, 15) is 4.39 Å². The van der Waals surface area contributed by atoms with Crippen molar-refractivity contribution in [2.45, 2.75) is 19.8 Å². The highest BCUT2D eigenvalue weighted by Crippen LogP contribution is 2.20. The van der Waals surface area contributed by atoms with Crippen LogP contribution in [-0.4, -0.2) is 5.33 Å². The smallest absolute Gasteiger partial charge is 0.126 e. The van der Waals surface area contributed by atoms with E-state index in [2.05, 4.69) is 47.1 Å². The van der Waals surface area contributed by atoms with Crippen molar-refractivity contribution in [3.8, 4) is 0 Å². The molecule has 0 nitrogen and oxygen atoms in total. The van der Waals surface area contributed by atoms with Gasteiger partial charge in [0.15, 0.2) is 0 Å². The molecule has 2 rings (SSSR count). The Balaban J connectivity index is 2.09. The number of hydrogen-bond donors (Lipinski definition) is 0. The van der Waals surface area contributed by atoms with Gasteiger partial charge < -0.3 is 0 Å². The Kier molecular flexibility index (Phi) is 5.15. The van der Waals surface area contributed by atoms with Crippen molar-refractivity contribution in [1.82, 2.24) is 0 Å². The average molecular weight is 321 g/mol. The number of benzene rings is 2. The van der Waals surface area contributed by atoms with Gasteiger partial charge in [-0.3, -0.25) is 0 Å². The van der Waals surface area contributed by atoms with Gasteiger partial charge in [-0.05, 0) is 48.4 Å². The molecule has 2 aromatic carbocycles.